The number of aromatic nitrogens is 2. The van der Waals surface area contributed by atoms with Gasteiger partial charge in [-0.15, -0.1) is 0 Å². The molecule has 1 saturated carbocycles. The van der Waals surface area contributed by atoms with Gasteiger partial charge in [-0.3, -0.25) is 14.4 Å². The maximum atomic E-state index is 13.6. The molecule has 3 aromatic rings. The molecule has 40 heavy (non-hydrogen) atoms. The third kappa shape index (κ3) is 7.59. The molecule has 2 aromatic carbocycles. The summed E-state index contributed by atoms with van der Waals surface area (Å²) in [5, 5.41) is 12.8. The van der Waals surface area contributed by atoms with E-state index in [1.54, 1.807) is 12.1 Å². The molecule has 0 spiro atoms. The summed E-state index contributed by atoms with van der Waals surface area (Å²) in [5.41, 5.74) is 0.404. The first kappa shape index (κ1) is 29.5. The molecule has 0 saturated heterocycles. The van der Waals surface area contributed by atoms with Gasteiger partial charge in [-0.25, -0.2) is 4.68 Å². The average molecular weight is 575 g/mol. The van der Waals surface area contributed by atoms with Gasteiger partial charge in [0.2, 0.25) is 0 Å². The number of aliphatic carboxylic acids is 1. The number of carbonyl (C=O) groups excluding carboxylic acids is 2. The van der Waals surface area contributed by atoms with Crippen molar-refractivity contribution in [2.75, 3.05) is 0 Å². The van der Waals surface area contributed by atoms with E-state index in [2.05, 4.69) is 5.10 Å². The monoisotopic (exact) mass is 574 g/mol. The summed E-state index contributed by atoms with van der Waals surface area (Å²) in [4.78, 5) is 36.2. The number of para-hydroxylation sites is 1. The highest BCUT2D eigenvalue weighted by molar-refractivity contribution is 6.32. The number of hydrogen-bond acceptors (Lipinski definition) is 4. The molecule has 10 heteroatoms. The SMILES string of the molecule is O=C(O)CC1CCC(c2ccc(CC(=O)CCCC(=O)c3cn(-c4ccccc4Cl)nc3C(F)(F)F)cc2)CC1. The van der Waals surface area contributed by atoms with Crippen LogP contribution in [0.2, 0.25) is 5.02 Å². The lowest BCUT2D eigenvalue weighted by Crippen LogP contribution is -2.16. The number of alkyl halides is 3. The zero-order valence-corrected chi connectivity index (χ0v) is 22.5. The topological polar surface area (TPSA) is 89.3 Å². The molecule has 1 aliphatic rings. The Morgan fingerprint density at radius 1 is 0.975 bits per heavy atom. The first-order valence-electron chi connectivity index (χ1n) is 13.3. The molecular formula is C30H30ClF3N2O4. The van der Waals surface area contributed by atoms with Crippen LogP contribution in [-0.4, -0.2) is 32.4 Å². The molecule has 0 aliphatic heterocycles. The van der Waals surface area contributed by atoms with Gasteiger partial charge in [0.05, 0.1) is 16.3 Å². The van der Waals surface area contributed by atoms with Crippen LogP contribution in [-0.2, 0) is 22.2 Å². The van der Waals surface area contributed by atoms with Gasteiger partial charge in [0.1, 0.15) is 5.78 Å². The van der Waals surface area contributed by atoms with Gasteiger partial charge in [0.15, 0.2) is 11.5 Å². The van der Waals surface area contributed by atoms with Crippen LogP contribution in [0.4, 0.5) is 13.2 Å². The summed E-state index contributed by atoms with van der Waals surface area (Å²) in [6.07, 6.45) is 0.258. The molecule has 212 valence electrons. The van der Waals surface area contributed by atoms with E-state index >= 15 is 0 Å². The minimum absolute atomic E-state index is 0.0705. The highest BCUT2D eigenvalue weighted by atomic mass is 35.5. The summed E-state index contributed by atoms with van der Waals surface area (Å²) < 4.78 is 41.8. The van der Waals surface area contributed by atoms with Crippen molar-refractivity contribution in [3.05, 3.63) is 82.1 Å². The normalized spacial score (nSPS) is 17.5. The van der Waals surface area contributed by atoms with Crippen molar-refractivity contribution in [2.24, 2.45) is 5.92 Å². The second-order valence-corrected chi connectivity index (χ2v) is 10.7. The lowest BCUT2D eigenvalue weighted by molar-refractivity contribution is -0.141. The first-order valence-corrected chi connectivity index (χ1v) is 13.7. The maximum Gasteiger partial charge on any atom is 0.435 e. The number of carbonyl (C=O) groups is 3. The Kier molecular flexibility index (Phi) is 9.45. The lowest BCUT2D eigenvalue weighted by Gasteiger charge is -2.28. The van der Waals surface area contributed by atoms with Crippen molar-refractivity contribution in [1.82, 2.24) is 9.78 Å². The van der Waals surface area contributed by atoms with Crippen molar-refractivity contribution < 1.29 is 32.7 Å². The van der Waals surface area contributed by atoms with Crippen molar-refractivity contribution in [3.8, 4) is 5.69 Å². The highest BCUT2D eigenvalue weighted by Gasteiger charge is 2.39. The maximum absolute atomic E-state index is 13.6. The van der Waals surface area contributed by atoms with Crippen LogP contribution in [0, 0.1) is 5.92 Å². The van der Waals surface area contributed by atoms with Gasteiger partial charge in [-0.2, -0.15) is 18.3 Å². The van der Waals surface area contributed by atoms with E-state index < -0.39 is 29.2 Å². The molecule has 6 nitrogen and oxygen atoms in total. The number of hydrogen-bond donors (Lipinski definition) is 1. The van der Waals surface area contributed by atoms with Crippen LogP contribution >= 0.6 is 11.6 Å². The fourth-order valence-electron chi connectivity index (χ4n) is 5.30. The van der Waals surface area contributed by atoms with E-state index in [4.69, 9.17) is 16.7 Å². The standard InChI is InChI=1S/C30H30ClF3N2O4/c31-25-5-1-2-6-26(25)36-18-24(29(35-36)30(32,33)34)27(38)7-3-4-23(37)16-19-8-12-21(13-9-19)22-14-10-20(11-15-22)17-28(39)40/h1-2,5-6,8-9,12-13,18,20,22H,3-4,7,10-11,14-17H2,(H,39,40). The van der Waals surface area contributed by atoms with Crippen molar-refractivity contribution in [2.45, 2.75) is 69.9 Å². The van der Waals surface area contributed by atoms with E-state index in [0.29, 0.717) is 5.92 Å². The third-order valence-corrected chi connectivity index (χ3v) is 7.72. The van der Waals surface area contributed by atoms with E-state index in [0.717, 1.165) is 42.1 Å². The molecule has 1 aliphatic carbocycles. The molecule has 4 rings (SSSR count). The number of ketones is 2. The quantitative estimate of drug-likeness (QED) is 0.240. The summed E-state index contributed by atoms with van der Waals surface area (Å²) in [5.74, 6) is -0.975. The number of nitrogens with zero attached hydrogens (tertiary/aromatic N) is 2. The highest BCUT2D eigenvalue weighted by Crippen LogP contribution is 2.37. The van der Waals surface area contributed by atoms with Crippen molar-refractivity contribution >= 4 is 29.1 Å². The summed E-state index contributed by atoms with van der Waals surface area (Å²) >= 11 is 6.09. The Morgan fingerprint density at radius 2 is 1.65 bits per heavy atom. The number of halogens is 4. The zero-order valence-electron chi connectivity index (χ0n) is 21.8. The first-order chi connectivity index (χ1) is 19.0. The molecule has 1 fully saturated rings. The van der Waals surface area contributed by atoms with Gasteiger partial charge < -0.3 is 5.11 Å². The second kappa shape index (κ2) is 12.8. The fraction of sp³-hybridized carbons (Fsp3) is 0.400. The number of rotatable bonds is 11. The predicted octanol–water partition coefficient (Wildman–Crippen LogP) is 7.46. The average Bonchev–Trinajstić information content (AvgIpc) is 3.36. The van der Waals surface area contributed by atoms with Crippen LogP contribution in [0.25, 0.3) is 5.69 Å². The largest absolute Gasteiger partial charge is 0.481 e. The van der Waals surface area contributed by atoms with Crippen LogP contribution in [0.1, 0.15) is 84.5 Å². The van der Waals surface area contributed by atoms with Crippen molar-refractivity contribution in [1.29, 1.82) is 0 Å². The minimum atomic E-state index is -4.82. The van der Waals surface area contributed by atoms with Crippen LogP contribution in [0.5, 0.6) is 0 Å². The van der Waals surface area contributed by atoms with Crippen LogP contribution in [0.3, 0.4) is 0 Å². The second-order valence-electron chi connectivity index (χ2n) is 10.3. The molecule has 0 radical (unpaired) electrons. The van der Waals surface area contributed by atoms with Gasteiger partial charge >= 0.3 is 12.1 Å². The Morgan fingerprint density at radius 3 is 2.27 bits per heavy atom. The Balaban J connectivity index is 1.29. The number of carboxylic acid groups (broad SMARTS) is 1. The van der Waals surface area contributed by atoms with E-state index in [1.807, 2.05) is 24.3 Å². The van der Waals surface area contributed by atoms with Crippen LogP contribution < -0.4 is 0 Å². The van der Waals surface area contributed by atoms with Gasteiger partial charge in [-0.1, -0.05) is 48.0 Å². The molecular weight excluding hydrogens is 545 g/mol. The Hall–Kier alpha value is -3.46. The summed E-state index contributed by atoms with van der Waals surface area (Å²) in [7, 11) is 0. The lowest BCUT2D eigenvalue weighted by atomic mass is 9.77. The molecule has 0 bridgehead atoms. The Labute approximate surface area is 235 Å². The molecule has 0 amide bonds. The predicted molar refractivity (Wildman–Crippen MR) is 144 cm³/mol. The van der Waals surface area contributed by atoms with Gasteiger partial charge in [-0.05, 0) is 67.2 Å². The molecule has 0 atom stereocenters. The van der Waals surface area contributed by atoms with Crippen LogP contribution in [0.15, 0.2) is 54.7 Å². The summed E-state index contributed by atoms with van der Waals surface area (Å²) in [6.45, 7) is 0. The minimum Gasteiger partial charge on any atom is -0.481 e. The summed E-state index contributed by atoms with van der Waals surface area (Å²) in [6, 6.07) is 14.1. The Bertz CT molecular complexity index is 1360. The molecule has 1 heterocycles. The number of Topliss-reactive ketones (excluding diaryl/α,β-unsaturated/α-hetero) is 2. The van der Waals surface area contributed by atoms with E-state index in [-0.39, 0.29) is 54.5 Å². The number of carboxylic acids is 1. The van der Waals surface area contributed by atoms with E-state index in [1.165, 1.54) is 17.7 Å². The third-order valence-electron chi connectivity index (χ3n) is 7.40. The smallest absolute Gasteiger partial charge is 0.435 e. The zero-order chi connectivity index (χ0) is 28.9. The molecule has 1 aromatic heterocycles. The number of benzene rings is 2. The molecule has 0 unspecified atom stereocenters. The molecule has 1 N–H and O–H groups in total. The van der Waals surface area contributed by atoms with Gasteiger partial charge in [0.25, 0.3) is 0 Å². The van der Waals surface area contributed by atoms with Crippen molar-refractivity contribution in [3.63, 3.8) is 0 Å². The van der Waals surface area contributed by atoms with E-state index in [9.17, 15) is 27.6 Å². The van der Waals surface area contributed by atoms with Gasteiger partial charge in [0, 0.05) is 31.9 Å². The fourth-order valence-corrected chi connectivity index (χ4v) is 5.52.